The van der Waals surface area contributed by atoms with Crippen LogP contribution in [0, 0.1) is 12.7 Å². The summed E-state index contributed by atoms with van der Waals surface area (Å²) in [5.74, 6) is -0.432. The third kappa shape index (κ3) is 3.40. The highest BCUT2D eigenvalue weighted by Gasteiger charge is 2.16. The Hall–Kier alpha value is -0.900. The van der Waals surface area contributed by atoms with E-state index in [0.717, 1.165) is 6.42 Å². The molecule has 0 aliphatic carbocycles. The maximum atomic E-state index is 14.1. The Morgan fingerprint density at radius 1 is 1.25 bits per heavy atom. The minimum absolute atomic E-state index is 0.0915. The summed E-state index contributed by atoms with van der Waals surface area (Å²) in [4.78, 5) is 0. The first-order valence-electron chi connectivity index (χ1n) is 6.44. The molecule has 2 rings (SSSR count). The molecule has 0 bridgehead atoms. The smallest absolute Gasteiger partial charge is 0.147 e. The van der Waals surface area contributed by atoms with Crippen LogP contribution < -0.4 is 5.73 Å². The number of aryl methyl sites for hydroxylation is 2. The Morgan fingerprint density at radius 2 is 1.95 bits per heavy atom. The molecule has 2 aromatic rings. The Balaban J connectivity index is 2.11. The Labute approximate surface area is 132 Å². The average Bonchev–Trinajstić information content (AvgIpc) is 2.44. The number of hydrogen-bond donors (Lipinski definition) is 1. The van der Waals surface area contributed by atoms with Crippen LogP contribution in [0.1, 0.15) is 29.2 Å². The van der Waals surface area contributed by atoms with Gasteiger partial charge in [-0.1, -0.05) is 41.9 Å². The van der Waals surface area contributed by atoms with Crippen LogP contribution in [0.5, 0.6) is 0 Å². The number of hydrogen-bond acceptors (Lipinski definition) is 1. The van der Waals surface area contributed by atoms with Crippen LogP contribution in [0.4, 0.5) is 4.39 Å². The van der Waals surface area contributed by atoms with Gasteiger partial charge in [-0.15, -0.1) is 0 Å². The molecule has 0 saturated carbocycles. The Morgan fingerprint density at radius 3 is 2.65 bits per heavy atom. The zero-order chi connectivity index (χ0) is 14.7. The van der Waals surface area contributed by atoms with Crippen molar-refractivity contribution in [2.75, 3.05) is 0 Å². The normalized spacial score (nSPS) is 12.4. The first-order chi connectivity index (χ1) is 9.50. The van der Waals surface area contributed by atoms with Gasteiger partial charge in [-0.3, -0.25) is 0 Å². The van der Waals surface area contributed by atoms with Crippen LogP contribution in [0.3, 0.4) is 0 Å². The quantitative estimate of drug-likeness (QED) is 0.750. The SMILES string of the molecule is Cc1ccccc1CCC(N)c1ccc(Br)c(Cl)c1F. The highest BCUT2D eigenvalue weighted by Crippen LogP contribution is 2.31. The molecule has 0 heterocycles. The molecule has 1 unspecified atom stereocenters. The molecule has 0 spiro atoms. The lowest BCUT2D eigenvalue weighted by atomic mass is 9.97. The molecular formula is C16H16BrClFN. The third-order valence-corrected chi connectivity index (χ3v) is 4.71. The van der Waals surface area contributed by atoms with E-state index in [9.17, 15) is 4.39 Å². The maximum absolute atomic E-state index is 14.1. The average molecular weight is 357 g/mol. The molecular weight excluding hydrogens is 341 g/mol. The van der Waals surface area contributed by atoms with Gasteiger partial charge in [0.05, 0.1) is 5.02 Å². The fourth-order valence-electron chi connectivity index (χ4n) is 2.18. The second-order valence-electron chi connectivity index (χ2n) is 4.84. The van der Waals surface area contributed by atoms with Crippen LogP contribution in [0.2, 0.25) is 5.02 Å². The van der Waals surface area contributed by atoms with Crippen molar-refractivity contribution in [1.29, 1.82) is 0 Å². The van der Waals surface area contributed by atoms with Crippen molar-refractivity contribution in [3.63, 3.8) is 0 Å². The summed E-state index contributed by atoms with van der Waals surface area (Å²) in [5, 5.41) is 0.0915. The molecule has 2 N–H and O–H groups in total. The largest absolute Gasteiger partial charge is 0.324 e. The van der Waals surface area contributed by atoms with Gasteiger partial charge in [0.15, 0.2) is 0 Å². The van der Waals surface area contributed by atoms with Crippen molar-refractivity contribution in [3.05, 3.63) is 68.4 Å². The lowest BCUT2D eigenvalue weighted by Crippen LogP contribution is -2.13. The highest BCUT2D eigenvalue weighted by atomic mass is 79.9. The topological polar surface area (TPSA) is 26.0 Å². The van der Waals surface area contributed by atoms with Crippen LogP contribution in [0.25, 0.3) is 0 Å². The summed E-state index contributed by atoms with van der Waals surface area (Å²) in [5.41, 5.74) is 9.04. The zero-order valence-electron chi connectivity index (χ0n) is 11.2. The van der Waals surface area contributed by atoms with Gasteiger partial charge in [-0.2, -0.15) is 0 Å². The monoisotopic (exact) mass is 355 g/mol. The minimum atomic E-state index is -0.432. The van der Waals surface area contributed by atoms with E-state index in [0.29, 0.717) is 16.5 Å². The molecule has 0 amide bonds. The van der Waals surface area contributed by atoms with Crippen LogP contribution >= 0.6 is 27.5 Å². The summed E-state index contributed by atoms with van der Waals surface area (Å²) in [7, 11) is 0. The second-order valence-corrected chi connectivity index (χ2v) is 6.07. The predicted octanol–water partition coefficient (Wildman–Crippen LogP) is 5.18. The Kier molecular flexibility index (Phi) is 5.19. The highest BCUT2D eigenvalue weighted by molar-refractivity contribution is 9.10. The van der Waals surface area contributed by atoms with E-state index in [-0.39, 0.29) is 11.1 Å². The summed E-state index contributed by atoms with van der Waals surface area (Å²) in [6.45, 7) is 2.07. The molecule has 2 aromatic carbocycles. The molecule has 0 aliphatic heterocycles. The van der Waals surface area contributed by atoms with Gasteiger partial charge in [0.25, 0.3) is 0 Å². The molecule has 0 aliphatic rings. The van der Waals surface area contributed by atoms with E-state index in [4.69, 9.17) is 17.3 Å². The minimum Gasteiger partial charge on any atom is -0.324 e. The van der Waals surface area contributed by atoms with Crippen molar-refractivity contribution in [1.82, 2.24) is 0 Å². The van der Waals surface area contributed by atoms with E-state index >= 15 is 0 Å². The van der Waals surface area contributed by atoms with Gasteiger partial charge in [0, 0.05) is 16.1 Å². The molecule has 0 radical (unpaired) electrons. The number of benzene rings is 2. The molecule has 1 nitrogen and oxygen atoms in total. The van der Waals surface area contributed by atoms with Crippen molar-refractivity contribution in [2.24, 2.45) is 5.73 Å². The van der Waals surface area contributed by atoms with Crippen molar-refractivity contribution < 1.29 is 4.39 Å². The van der Waals surface area contributed by atoms with E-state index in [1.54, 1.807) is 12.1 Å². The standard InChI is InChI=1S/C16H16BrClFN/c1-10-4-2-3-5-11(10)6-9-14(20)12-7-8-13(17)15(18)16(12)19/h2-5,7-8,14H,6,9,20H2,1H3. The molecule has 0 fully saturated rings. The van der Waals surface area contributed by atoms with Crippen LogP contribution in [-0.4, -0.2) is 0 Å². The second kappa shape index (κ2) is 6.70. The van der Waals surface area contributed by atoms with Gasteiger partial charge >= 0.3 is 0 Å². The van der Waals surface area contributed by atoms with Crippen molar-refractivity contribution >= 4 is 27.5 Å². The van der Waals surface area contributed by atoms with E-state index in [1.807, 2.05) is 12.1 Å². The van der Waals surface area contributed by atoms with Crippen molar-refractivity contribution in [3.8, 4) is 0 Å². The number of nitrogens with two attached hydrogens (primary N) is 1. The third-order valence-electron chi connectivity index (χ3n) is 3.45. The fraction of sp³-hybridized carbons (Fsp3) is 0.250. The summed E-state index contributed by atoms with van der Waals surface area (Å²) in [6.07, 6.45) is 1.50. The summed E-state index contributed by atoms with van der Waals surface area (Å²) < 4.78 is 14.6. The van der Waals surface area contributed by atoms with Gasteiger partial charge in [-0.25, -0.2) is 4.39 Å². The maximum Gasteiger partial charge on any atom is 0.147 e. The summed E-state index contributed by atoms with van der Waals surface area (Å²) >= 11 is 9.09. The van der Waals surface area contributed by atoms with Crippen molar-refractivity contribution in [2.45, 2.75) is 25.8 Å². The lowest BCUT2D eigenvalue weighted by molar-refractivity contribution is 0.563. The van der Waals surface area contributed by atoms with Gasteiger partial charge in [0.2, 0.25) is 0 Å². The van der Waals surface area contributed by atoms with Gasteiger partial charge in [-0.05, 0) is 52.9 Å². The summed E-state index contributed by atoms with van der Waals surface area (Å²) in [6, 6.07) is 11.2. The molecule has 20 heavy (non-hydrogen) atoms. The van der Waals surface area contributed by atoms with Gasteiger partial charge < -0.3 is 5.73 Å². The molecule has 4 heteroatoms. The molecule has 0 aromatic heterocycles. The number of halogens is 3. The van der Waals surface area contributed by atoms with Crippen LogP contribution in [0.15, 0.2) is 40.9 Å². The number of rotatable bonds is 4. The Bertz CT molecular complexity index is 615. The predicted molar refractivity (Wildman–Crippen MR) is 85.5 cm³/mol. The zero-order valence-corrected chi connectivity index (χ0v) is 13.5. The molecule has 106 valence electrons. The molecule has 1 atom stereocenters. The first kappa shape index (κ1) is 15.5. The van der Waals surface area contributed by atoms with E-state index < -0.39 is 5.82 Å². The van der Waals surface area contributed by atoms with E-state index in [1.165, 1.54) is 11.1 Å². The molecule has 0 saturated heterocycles. The fourth-order valence-corrected chi connectivity index (χ4v) is 2.66. The van der Waals surface area contributed by atoms with E-state index in [2.05, 4.69) is 35.0 Å². The van der Waals surface area contributed by atoms with Crippen LogP contribution in [-0.2, 0) is 6.42 Å². The first-order valence-corrected chi connectivity index (χ1v) is 7.61. The lowest BCUT2D eigenvalue weighted by Gasteiger charge is -2.15. The van der Waals surface area contributed by atoms with Gasteiger partial charge in [0.1, 0.15) is 5.82 Å².